The van der Waals surface area contributed by atoms with E-state index in [0.717, 1.165) is 25.9 Å². The van der Waals surface area contributed by atoms with Crippen LogP contribution in [0.5, 0.6) is 11.5 Å². The molecule has 3 rings (SSSR count). The SMILES string of the molecule is COc1ccc(C2CC(C(F)(F)F)NC(/C=C(\N)C3CCNCC3)=N2)cc1OC. The maximum Gasteiger partial charge on any atom is 0.408 e. The molecule has 0 radical (unpaired) electrons. The Kier molecular flexibility index (Phi) is 6.56. The summed E-state index contributed by atoms with van der Waals surface area (Å²) in [7, 11) is 2.99. The largest absolute Gasteiger partial charge is 0.493 e. The average Bonchev–Trinajstić information content (AvgIpc) is 2.73. The monoisotopic (exact) mass is 412 g/mol. The lowest BCUT2D eigenvalue weighted by Gasteiger charge is -2.31. The van der Waals surface area contributed by atoms with E-state index >= 15 is 0 Å². The van der Waals surface area contributed by atoms with Crippen molar-refractivity contribution in [3.63, 3.8) is 0 Å². The summed E-state index contributed by atoms with van der Waals surface area (Å²) < 4.78 is 51.1. The van der Waals surface area contributed by atoms with Crippen LogP contribution in [0, 0.1) is 5.92 Å². The van der Waals surface area contributed by atoms with Gasteiger partial charge in [-0.15, -0.1) is 0 Å². The minimum absolute atomic E-state index is 0.145. The molecule has 2 atom stereocenters. The molecule has 2 aliphatic heterocycles. The molecule has 1 aromatic carbocycles. The van der Waals surface area contributed by atoms with Crippen LogP contribution >= 0.6 is 0 Å². The van der Waals surface area contributed by atoms with Crippen LogP contribution in [-0.4, -0.2) is 45.4 Å². The predicted molar refractivity (Wildman–Crippen MR) is 105 cm³/mol. The first kappa shape index (κ1) is 21.3. The second-order valence-corrected chi connectivity index (χ2v) is 7.29. The van der Waals surface area contributed by atoms with E-state index in [9.17, 15) is 13.2 Å². The molecule has 2 unspecified atom stereocenters. The van der Waals surface area contributed by atoms with Gasteiger partial charge in [0.2, 0.25) is 0 Å². The first-order chi connectivity index (χ1) is 13.8. The summed E-state index contributed by atoms with van der Waals surface area (Å²) in [5, 5.41) is 5.76. The van der Waals surface area contributed by atoms with Crippen LogP contribution in [0.15, 0.2) is 35.0 Å². The van der Waals surface area contributed by atoms with E-state index in [1.165, 1.54) is 14.2 Å². The van der Waals surface area contributed by atoms with Gasteiger partial charge in [0.1, 0.15) is 11.9 Å². The molecule has 9 heteroatoms. The molecule has 1 saturated heterocycles. The molecule has 0 spiro atoms. The van der Waals surface area contributed by atoms with Gasteiger partial charge in [0.05, 0.1) is 20.3 Å². The zero-order chi connectivity index (χ0) is 21.0. The molecule has 1 aromatic rings. The molecule has 1 fully saturated rings. The van der Waals surface area contributed by atoms with Crippen molar-refractivity contribution < 1.29 is 22.6 Å². The summed E-state index contributed by atoms with van der Waals surface area (Å²) in [6, 6.07) is 2.68. The van der Waals surface area contributed by atoms with E-state index in [0.29, 0.717) is 22.8 Å². The number of hydrogen-bond acceptors (Lipinski definition) is 6. The number of hydrogen-bond donors (Lipinski definition) is 3. The fraction of sp³-hybridized carbons (Fsp3) is 0.550. The van der Waals surface area contributed by atoms with Crippen LogP contribution in [0.25, 0.3) is 0 Å². The zero-order valence-electron chi connectivity index (χ0n) is 16.6. The Balaban J connectivity index is 1.91. The van der Waals surface area contributed by atoms with Crippen molar-refractivity contribution in [2.24, 2.45) is 16.6 Å². The number of nitrogens with one attached hydrogen (secondary N) is 2. The molecule has 0 aromatic heterocycles. The Hall–Kier alpha value is -2.42. The Bertz CT molecular complexity index is 773. The number of amidine groups is 1. The van der Waals surface area contributed by atoms with Crippen molar-refractivity contribution in [1.82, 2.24) is 10.6 Å². The summed E-state index contributed by atoms with van der Waals surface area (Å²) in [6.45, 7) is 1.69. The van der Waals surface area contributed by atoms with Gasteiger partial charge in [-0.2, -0.15) is 13.2 Å². The van der Waals surface area contributed by atoms with Crippen molar-refractivity contribution in [2.75, 3.05) is 27.3 Å². The highest BCUT2D eigenvalue weighted by Gasteiger charge is 2.43. The number of ether oxygens (including phenoxy) is 2. The third kappa shape index (κ3) is 5.14. The van der Waals surface area contributed by atoms with E-state index in [4.69, 9.17) is 15.2 Å². The van der Waals surface area contributed by atoms with Gasteiger partial charge < -0.3 is 25.8 Å². The van der Waals surface area contributed by atoms with Gasteiger partial charge in [-0.05, 0) is 49.7 Å². The van der Waals surface area contributed by atoms with Gasteiger partial charge >= 0.3 is 6.18 Å². The topological polar surface area (TPSA) is 80.9 Å². The minimum atomic E-state index is -4.40. The van der Waals surface area contributed by atoms with Crippen molar-refractivity contribution in [1.29, 1.82) is 0 Å². The van der Waals surface area contributed by atoms with Gasteiger partial charge in [0.15, 0.2) is 11.5 Å². The van der Waals surface area contributed by atoms with Gasteiger partial charge in [-0.1, -0.05) is 6.07 Å². The lowest BCUT2D eigenvalue weighted by atomic mass is 9.93. The molecule has 160 valence electrons. The van der Waals surface area contributed by atoms with E-state index < -0.39 is 18.3 Å². The molecule has 0 aliphatic carbocycles. The number of nitrogens with two attached hydrogens (primary N) is 1. The summed E-state index contributed by atoms with van der Waals surface area (Å²) >= 11 is 0. The van der Waals surface area contributed by atoms with Crippen LogP contribution in [0.3, 0.4) is 0 Å². The highest BCUT2D eigenvalue weighted by atomic mass is 19.4. The lowest BCUT2D eigenvalue weighted by Crippen LogP contribution is -2.48. The summed E-state index contributed by atoms with van der Waals surface area (Å²) in [5.41, 5.74) is 7.39. The van der Waals surface area contributed by atoms with E-state index in [1.807, 2.05) is 0 Å². The quantitative estimate of drug-likeness (QED) is 0.693. The van der Waals surface area contributed by atoms with Crippen LogP contribution in [0.4, 0.5) is 13.2 Å². The number of benzene rings is 1. The number of rotatable bonds is 5. The van der Waals surface area contributed by atoms with Crippen LogP contribution < -0.4 is 25.8 Å². The molecule has 0 bridgehead atoms. The molecule has 29 heavy (non-hydrogen) atoms. The molecular formula is C20H27F3N4O2. The molecule has 4 N–H and O–H groups in total. The Morgan fingerprint density at radius 3 is 2.48 bits per heavy atom. The second-order valence-electron chi connectivity index (χ2n) is 7.29. The Morgan fingerprint density at radius 2 is 1.86 bits per heavy atom. The number of halogens is 3. The van der Waals surface area contributed by atoms with Crippen LogP contribution in [0.2, 0.25) is 0 Å². The second kappa shape index (κ2) is 8.94. The third-order valence-corrected chi connectivity index (χ3v) is 5.38. The van der Waals surface area contributed by atoms with Crippen molar-refractivity contribution in [2.45, 2.75) is 37.5 Å². The maximum atomic E-state index is 13.5. The smallest absolute Gasteiger partial charge is 0.408 e. The molecule has 6 nitrogen and oxygen atoms in total. The van der Waals surface area contributed by atoms with E-state index in [-0.39, 0.29) is 18.2 Å². The van der Waals surface area contributed by atoms with Crippen LogP contribution in [-0.2, 0) is 0 Å². The fourth-order valence-corrected chi connectivity index (χ4v) is 3.71. The Morgan fingerprint density at radius 1 is 1.17 bits per heavy atom. The summed E-state index contributed by atoms with van der Waals surface area (Å²) in [4.78, 5) is 4.52. The highest BCUT2D eigenvalue weighted by molar-refractivity contribution is 5.94. The van der Waals surface area contributed by atoms with Gasteiger partial charge in [0.25, 0.3) is 0 Å². The van der Waals surface area contributed by atoms with Crippen molar-refractivity contribution in [3.05, 3.63) is 35.5 Å². The van der Waals surface area contributed by atoms with Gasteiger partial charge in [-0.25, -0.2) is 0 Å². The summed E-state index contributed by atoms with van der Waals surface area (Å²) in [5.74, 6) is 1.27. The minimum Gasteiger partial charge on any atom is -0.493 e. The molecule has 2 heterocycles. The first-order valence-corrected chi connectivity index (χ1v) is 9.62. The standard InChI is InChI=1S/C20H27F3N4O2/c1-28-16-4-3-13(9-17(16)29-2)15-11-18(20(21,22)23)27-19(26-15)10-14(24)12-5-7-25-8-6-12/h3-4,9-10,12,15,18,25H,5-8,11,24H2,1-2H3,(H,26,27)/b14-10-. The molecule has 2 aliphatic rings. The zero-order valence-corrected chi connectivity index (χ0v) is 16.6. The number of nitrogens with zero attached hydrogens (tertiary/aromatic N) is 1. The lowest BCUT2D eigenvalue weighted by molar-refractivity contribution is -0.155. The highest BCUT2D eigenvalue weighted by Crippen LogP contribution is 2.37. The number of piperidine rings is 1. The number of allylic oxidation sites excluding steroid dienone is 1. The van der Waals surface area contributed by atoms with Gasteiger partial charge in [-0.3, -0.25) is 4.99 Å². The third-order valence-electron chi connectivity index (χ3n) is 5.38. The maximum absolute atomic E-state index is 13.5. The van der Waals surface area contributed by atoms with E-state index in [2.05, 4.69) is 15.6 Å². The molecule has 0 amide bonds. The van der Waals surface area contributed by atoms with E-state index in [1.54, 1.807) is 24.3 Å². The fourth-order valence-electron chi connectivity index (χ4n) is 3.71. The summed E-state index contributed by atoms with van der Waals surface area (Å²) in [6.07, 6.45) is -1.33. The first-order valence-electron chi connectivity index (χ1n) is 9.62. The molecular weight excluding hydrogens is 385 g/mol. The van der Waals surface area contributed by atoms with Gasteiger partial charge in [0, 0.05) is 18.0 Å². The predicted octanol–water partition coefficient (Wildman–Crippen LogP) is 2.91. The van der Waals surface area contributed by atoms with Crippen LogP contribution in [0.1, 0.15) is 30.9 Å². The number of aliphatic imine (C=N–C) groups is 1. The Labute approximate surface area is 168 Å². The normalized spacial score (nSPS) is 23.9. The molecule has 0 saturated carbocycles. The van der Waals surface area contributed by atoms with Crippen molar-refractivity contribution in [3.8, 4) is 11.5 Å². The average molecular weight is 412 g/mol. The van der Waals surface area contributed by atoms with Crippen molar-refractivity contribution >= 4 is 5.84 Å². The number of alkyl halides is 3. The number of methoxy groups -OCH3 is 2.